The Bertz CT molecular complexity index is 802. The molecule has 0 spiro atoms. The Labute approximate surface area is 151 Å². The first-order valence-corrected chi connectivity index (χ1v) is 8.65. The molecule has 0 radical (unpaired) electrons. The van der Waals surface area contributed by atoms with Crippen molar-refractivity contribution in [2.75, 3.05) is 13.2 Å². The maximum absolute atomic E-state index is 12.8. The van der Waals surface area contributed by atoms with E-state index in [9.17, 15) is 18.8 Å². The predicted octanol–water partition coefficient (Wildman–Crippen LogP) is 2.44. The number of aromatic nitrogens is 1. The van der Waals surface area contributed by atoms with E-state index in [2.05, 4.69) is 5.32 Å². The highest BCUT2D eigenvalue weighted by atomic mass is 19.1. The molecule has 1 N–H and O–H groups in total. The number of ketones is 1. The van der Waals surface area contributed by atoms with Crippen molar-refractivity contribution in [2.24, 2.45) is 0 Å². The van der Waals surface area contributed by atoms with Gasteiger partial charge >= 0.3 is 0 Å². The van der Waals surface area contributed by atoms with Gasteiger partial charge in [-0.1, -0.05) is 49.7 Å². The standard InChI is InChI=1S/C20H23FN2O3/c1-2-7-17(19(25)22-13-16(24)12-21)18-10-6-11-23(20(18)26)14-15-8-4-3-5-9-15/h3-6,8-11,17H,2,7,12-14H2,1H3,(H,22,25). The minimum atomic E-state index is -1.12. The Hall–Kier alpha value is -2.76. The van der Waals surface area contributed by atoms with Crippen LogP contribution in [0, 0.1) is 0 Å². The smallest absolute Gasteiger partial charge is 0.254 e. The molecule has 2 aromatic rings. The second kappa shape index (κ2) is 9.65. The van der Waals surface area contributed by atoms with E-state index in [1.165, 1.54) is 0 Å². The molecule has 1 unspecified atom stereocenters. The quantitative estimate of drug-likeness (QED) is 0.749. The van der Waals surface area contributed by atoms with E-state index in [0.29, 0.717) is 24.9 Å². The minimum Gasteiger partial charge on any atom is -0.348 e. The van der Waals surface area contributed by atoms with Crippen molar-refractivity contribution in [3.63, 3.8) is 0 Å². The topological polar surface area (TPSA) is 68.2 Å². The van der Waals surface area contributed by atoms with Crippen LogP contribution in [0.3, 0.4) is 0 Å². The van der Waals surface area contributed by atoms with Crippen LogP contribution in [0.1, 0.15) is 36.8 Å². The number of nitrogens with zero attached hydrogens (tertiary/aromatic N) is 1. The van der Waals surface area contributed by atoms with Crippen molar-refractivity contribution >= 4 is 11.7 Å². The van der Waals surface area contributed by atoms with Gasteiger partial charge in [0.15, 0.2) is 5.78 Å². The summed E-state index contributed by atoms with van der Waals surface area (Å²) in [6, 6.07) is 12.9. The van der Waals surface area contributed by atoms with Gasteiger partial charge in [-0.05, 0) is 18.1 Å². The van der Waals surface area contributed by atoms with Gasteiger partial charge in [0.25, 0.3) is 5.56 Å². The summed E-state index contributed by atoms with van der Waals surface area (Å²) in [6.45, 7) is 0.848. The summed E-state index contributed by atoms with van der Waals surface area (Å²) in [4.78, 5) is 36.4. The number of hydrogen-bond acceptors (Lipinski definition) is 3. The fourth-order valence-corrected chi connectivity index (χ4v) is 2.80. The van der Waals surface area contributed by atoms with Crippen LogP contribution in [0.5, 0.6) is 0 Å². The molecule has 138 valence electrons. The maximum atomic E-state index is 12.8. The lowest BCUT2D eigenvalue weighted by molar-refractivity contribution is -0.126. The van der Waals surface area contributed by atoms with Crippen LogP contribution in [-0.4, -0.2) is 29.5 Å². The molecular formula is C20H23FN2O3. The van der Waals surface area contributed by atoms with Gasteiger partial charge in [-0.15, -0.1) is 0 Å². The van der Waals surface area contributed by atoms with Crippen LogP contribution >= 0.6 is 0 Å². The zero-order chi connectivity index (χ0) is 18.9. The average Bonchev–Trinajstić information content (AvgIpc) is 2.66. The molecule has 6 heteroatoms. The van der Waals surface area contributed by atoms with Gasteiger partial charge in [0.1, 0.15) is 6.67 Å². The number of nitrogens with one attached hydrogen (secondary N) is 1. The van der Waals surface area contributed by atoms with Crippen molar-refractivity contribution < 1.29 is 14.0 Å². The van der Waals surface area contributed by atoms with Crippen LogP contribution in [0.2, 0.25) is 0 Å². The molecule has 1 heterocycles. The highest BCUT2D eigenvalue weighted by Gasteiger charge is 2.23. The summed E-state index contributed by atoms with van der Waals surface area (Å²) < 4.78 is 13.8. The first kappa shape index (κ1) is 19.6. The van der Waals surface area contributed by atoms with E-state index in [1.807, 2.05) is 37.3 Å². The maximum Gasteiger partial charge on any atom is 0.254 e. The molecular weight excluding hydrogens is 335 g/mol. The molecule has 1 atom stereocenters. The monoisotopic (exact) mass is 358 g/mol. The van der Waals surface area contributed by atoms with Crippen molar-refractivity contribution in [1.82, 2.24) is 9.88 Å². The summed E-state index contributed by atoms with van der Waals surface area (Å²) >= 11 is 0. The van der Waals surface area contributed by atoms with Crippen molar-refractivity contribution in [2.45, 2.75) is 32.2 Å². The summed E-state index contributed by atoms with van der Waals surface area (Å²) in [7, 11) is 0. The highest BCUT2D eigenvalue weighted by molar-refractivity contribution is 5.89. The number of Topliss-reactive ketones (excluding diaryl/α,β-unsaturated/α-hetero) is 1. The van der Waals surface area contributed by atoms with Gasteiger partial charge < -0.3 is 9.88 Å². The number of carbonyl (C=O) groups excluding carboxylic acids is 2. The molecule has 0 saturated heterocycles. The molecule has 1 aromatic carbocycles. The number of carbonyl (C=O) groups is 2. The Morgan fingerprint density at radius 3 is 2.54 bits per heavy atom. The molecule has 5 nitrogen and oxygen atoms in total. The third kappa shape index (κ3) is 5.12. The van der Waals surface area contributed by atoms with Crippen molar-refractivity contribution in [3.8, 4) is 0 Å². The lowest BCUT2D eigenvalue weighted by Crippen LogP contribution is -2.37. The summed E-state index contributed by atoms with van der Waals surface area (Å²) in [5, 5.41) is 2.44. The number of hydrogen-bond donors (Lipinski definition) is 1. The lowest BCUT2D eigenvalue weighted by atomic mass is 9.94. The fraction of sp³-hybridized carbons (Fsp3) is 0.350. The molecule has 2 rings (SSSR count). The van der Waals surface area contributed by atoms with E-state index >= 15 is 0 Å². The third-order valence-electron chi connectivity index (χ3n) is 4.12. The second-order valence-electron chi connectivity index (χ2n) is 6.11. The second-order valence-corrected chi connectivity index (χ2v) is 6.11. The summed E-state index contributed by atoms with van der Waals surface area (Å²) in [6.07, 6.45) is 2.86. The predicted molar refractivity (Wildman–Crippen MR) is 97.9 cm³/mol. The van der Waals surface area contributed by atoms with Gasteiger partial charge in [0.2, 0.25) is 5.91 Å². The molecule has 0 fully saturated rings. The fourth-order valence-electron chi connectivity index (χ4n) is 2.80. The van der Waals surface area contributed by atoms with Gasteiger partial charge in [-0.2, -0.15) is 0 Å². The number of benzene rings is 1. The molecule has 0 aliphatic carbocycles. The zero-order valence-corrected chi connectivity index (χ0v) is 14.8. The molecule has 0 saturated carbocycles. The molecule has 0 aliphatic rings. The van der Waals surface area contributed by atoms with E-state index in [4.69, 9.17) is 0 Å². The van der Waals surface area contributed by atoms with Crippen LogP contribution < -0.4 is 10.9 Å². The minimum absolute atomic E-state index is 0.234. The Morgan fingerprint density at radius 1 is 1.15 bits per heavy atom. The van der Waals surface area contributed by atoms with Gasteiger partial charge in [-0.25, -0.2) is 4.39 Å². The van der Waals surface area contributed by atoms with Gasteiger partial charge in [-0.3, -0.25) is 14.4 Å². The summed E-state index contributed by atoms with van der Waals surface area (Å²) in [5.74, 6) is -1.78. The molecule has 0 aliphatic heterocycles. The first-order chi connectivity index (χ1) is 12.6. The average molecular weight is 358 g/mol. The third-order valence-corrected chi connectivity index (χ3v) is 4.12. The molecule has 26 heavy (non-hydrogen) atoms. The normalized spacial score (nSPS) is 11.8. The number of rotatable bonds is 9. The number of halogens is 1. The van der Waals surface area contributed by atoms with Crippen LogP contribution in [0.4, 0.5) is 4.39 Å². The van der Waals surface area contributed by atoms with Crippen molar-refractivity contribution in [1.29, 1.82) is 0 Å². The Kier molecular flexibility index (Phi) is 7.26. The zero-order valence-electron chi connectivity index (χ0n) is 14.8. The number of pyridine rings is 1. The highest BCUT2D eigenvalue weighted by Crippen LogP contribution is 2.18. The van der Waals surface area contributed by atoms with E-state index in [0.717, 1.165) is 5.56 Å². The van der Waals surface area contributed by atoms with Gasteiger partial charge in [0, 0.05) is 11.8 Å². The molecule has 1 amide bonds. The van der Waals surface area contributed by atoms with Crippen LogP contribution in [0.15, 0.2) is 53.5 Å². The molecule has 0 bridgehead atoms. The van der Waals surface area contributed by atoms with Gasteiger partial charge in [0.05, 0.1) is 19.0 Å². The lowest BCUT2D eigenvalue weighted by Gasteiger charge is -2.17. The number of alkyl halides is 1. The summed E-state index contributed by atoms with van der Waals surface area (Å²) in [5.41, 5.74) is 1.13. The largest absolute Gasteiger partial charge is 0.348 e. The van der Waals surface area contributed by atoms with E-state index in [-0.39, 0.29) is 12.1 Å². The SMILES string of the molecule is CCCC(C(=O)NCC(=O)CF)c1cccn(Cc2ccccc2)c1=O. The van der Waals surface area contributed by atoms with Crippen LogP contribution in [-0.2, 0) is 16.1 Å². The van der Waals surface area contributed by atoms with Crippen molar-refractivity contribution in [3.05, 3.63) is 70.1 Å². The van der Waals surface area contributed by atoms with E-state index in [1.54, 1.807) is 22.9 Å². The Balaban J connectivity index is 2.25. The first-order valence-electron chi connectivity index (χ1n) is 8.65. The molecule has 1 aromatic heterocycles. The number of amides is 1. The van der Waals surface area contributed by atoms with Crippen LogP contribution in [0.25, 0.3) is 0 Å². The van der Waals surface area contributed by atoms with E-state index < -0.39 is 24.3 Å². The Morgan fingerprint density at radius 2 is 1.88 bits per heavy atom.